The molecule has 6 rings (SSSR count). The van der Waals surface area contributed by atoms with Crippen molar-refractivity contribution in [2.45, 2.75) is 45.6 Å². The Hall–Kier alpha value is -4.05. The molecule has 0 saturated carbocycles. The first-order valence-corrected chi connectivity index (χ1v) is 16.5. The van der Waals surface area contributed by atoms with Crippen molar-refractivity contribution in [1.29, 1.82) is 0 Å². The normalized spacial score (nSPS) is 10.9. The van der Waals surface area contributed by atoms with E-state index in [0.717, 1.165) is 38.6 Å². The minimum absolute atomic E-state index is 0. The minimum atomic E-state index is -0.210. The second kappa shape index (κ2) is 18.9. The summed E-state index contributed by atoms with van der Waals surface area (Å²) in [6.45, 7) is 16.3. The van der Waals surface area contributed by atoms with Gasteiger partial charge in [0.05, 0.1) is 10.7 Å². The van der Waals surface area contributed by atoms with E-state index in [1.165, 1.54) is 11.1 Å². The van der Waals surface area contributed by atoms with Crippen molar-refractivity contribution in [3.05, 3.63) is 191 Å². The number of thiazole rings is 1. The largest absolute Gasteiger partial charge is 3.00 e. The van der Waals surface area contributed by atoms with Crippen LogP contribution in [0, 0.1) is 13.8 Å². The molecule has 5 heteroatoms. The first-order valence-electron chi connectivity index (χ1n) is 15.6. The maximum Gasteiger partial charge on any atom is 3.00 e. The number of nitrogens with zero attached hydrogens (tertiary/aromatic N) is 2. The molecule has 0 aliphatic carbocycles. The summed E-state index contributed by atoms with van der Waals surface area (Å²) < 4.78 is 0. The molecule has 47 heavy (non-hydrogen) atoms. The van der Waals surface area contributed by atoms with Crippen LogP contribution in [0.25, 0.3) is 16.6 Å². The molecule has 1 aromatic heterocycles. The fourth-order valence-corrected chi connectivity index (χ4v) is 5.76. The van der Waals surface area contributed by atoms with Gasteiger partial charge in [-0.1, -0.05) is 117 Å². The van der Waals surface area contributed by atoms with E-state index >= 15 is 0 Å². The number of para-hydroxylation sites is 2. The van der Waals surface area contributed by atoms with E-state index in [-0.39, 0.29) is 38.0 Å². The van der Waals surface area contributed by atoms with Crippen LogP contribution in [0.15, 0.2) is 139 Å². The molecule has 1 radical (unpaired) electrons. The molecular formula is C42H43N2OSZr. The van der Waals surface area contributed by atoms with Gasteiger partial charge in [0.15, 0.2) is 0 Å². The van der Waals surface area contributed by atoms with Gasteiger partial charge in [0.1, 0.15) is 5.75 Å². The quantitative estimate of drug-likeness (QED) is 0.167. The Morgan fingerprint density at radius 3 is 1.53 bits per heavy atom. The van der Waals surface area contributed by atoms with Gasteiger partial charge in [-0.3, -0.25) is 0 Å². The van der Waals surface area contributed by atoms with Crippen LogP contribution in [0.1, 0.15) is 78.4 Å². The Morgan fingerprint density at radius 1 is 0.617 bits per heavy atom. The third kappa shape index (κ3) is 11.0. The van der Waals surface area contributed by atoms with Crippen LogP contribution in [-0.4, -0.2) is 10.1 Å². The third-order valence-electron chi connectivity index (χ3n) is 7.34. The Bertz CT molecular complexity index is 1690. The molecule has 0 aliphatic heterocycles. The molecule has 0 amide bonds. The molecule has 1 unspecified atom stereocenters. The average Bonchev–Trinajstić information content (AvgIpc) is 3.55. The number of aromatic nitrogens is 1. The van der Waals surface area contributed by atoms with E-state index in [4.69, 9.17) is 10.3 Å². The Morgan fingerprint density at radius 2 is 1.09 bits per heavy atom. The van der Waals surface area contributed by atoms with Crippen molar-refractivity contribution in [1.82, 2.24) is 4.98 Å². The van der Waals surface area contributed by atoms with Gasteiger partial charge >= 0.3 is 26.2 Å². The number of rotatable bonds is 7. The molecule has 1 N–H and O–H groups in total. The van der Waals surface area contributed by atoms with E-state index in [0.29, 0.717) is 11.8 Å². The molecule has 1 heterocycles. The zero-order valence-corrected chi connectivity index (χ0v) is 30.9. The van der Waals surface area contributed by atoms with Gasteiger partial charge in [0.25, 0.3) is 0 Å². The van der Waals surface area contributed by atoms with E-state index < -0.39 is 0 Å². The molecule has 6 aromatic rings. The summed E-state index contributed by atoms with van der Waals surface area (Å²) in [5, 5.41) is 18.6. The van der Waals surface area contributed by atoms with Crippen LogP contribution in [0.3, 0.4) is 0 Å². The third-order valence-corrected chi connectivity index (χ3v) is 8.23. The van der Waals surface area contributed by atoms with Gasteiger partial charge < -0.3 is 10.4 Å². The topological polar surface area (TPSA) is 47.2 Å². The number of phenols is 1. The molecule has 3 nitrogen and oxygen atoms in total. The van der Waals surface area contributed by atoms with E-state index in [1.54, 1.807) is 17.4 Å². The minimum Gasteiger partial charge on any atom is -0.672 e. The van der Waals surface area contributed by atoms with Crippen molar-refractivity contribution < 1.29 is 31.3 Å². The van der Waals surface area contributed by atoms with Crippen LogP contribution >= 0.6 is 11.3 Å². The summed E-state index contributed by atoms with van der Waals surface area (Å²) >= 11 is 1.59. The second-order valence-corrected chi connectivity index (χ2v) is 12.5. The fourth-order valence-electron chi connectivity index (χ4n) is 4.88. The van der Waals surface area contributed by atoms with Crippen molar-refractivity contribution in [2.24, 2.45) is 0 Å². The van der Waals surface area contributed by atoms with Gasteiger partial charge in [0.2, 0.25) is 0 Å². The molecule has 0 aliphatic rings. The SMILES string of the molecule is CC(C)c1cccc(C(C)C)c1[N-]C(c1ccccc1)c1nc(-c2ccccc2O)cs1.[CH2-]c1ccccc1.[CH2-]c1ccccc1.[Zr+3]. The zero-order chi connectivity index (χ0) is 32.9. The van der Waals surface area contributed by atoms with Gasteiger partial charge in [-0.05, 0) is 30.0 Å². The monoisotopic (exact) mass is 713 g/mol. The number of aromatic hydroxyl groups is 1. The number of hydrogen-bond donors (Lipinski definition) is 1. The molecule has 0 fully saturated rings. The average molecular weight is 715 g/mol. The van der Waals surface area contributed by atoms with Gasteiger partial charge in [-0.25, -0.2) is 4.98 Å². The molecular weight excluding hydrogens is 672 g/mol. The Kier molecular flexibility index (Phi) is 15.1. The zero-order valence-electron chi connectivity index (χ0n) is 27.7. The predicted molar refractivity (Wildman–Crippen MR) is 197 cm³/mol. The van der Waals surface area contributed by atoms with Crippen molar-refractivity contribution in [3.63, 3.8) is 0 Å². The maximum atomic E-state index is 10.3. The number of benzene rings is 5. The number of hydrogen-bond acceptors (Lipinski definition) is 3. The summed E-state index contributed by atoms with van der Waals surface area (Å²) in [5.74, 6) is 0.985. The van der Waals surface area contributed by atoms with Crippen LogP contribution in [0.4, 0.5) is 5.69 Å². The van der Waals surface area contributed by atoms with E-state index in [1.807, 2.05) is 102 Å². The maximum absolute atomic E-state index is 10.3. The summed E-state index contributed by atoms with van der Waals surface area (Å²) in [6.07, 6.45) is 0. The molecule has 0 bridgehead atoms. The number of phenolic OH excluding ortho intramolecular Hbond substituents is 1. The van der Waals surface area contributed by atoms with Gasteiger partial charge in [-0.15, -0.1) is 41.3 Å². The standard InChI is InChI=1S/C28H29N2OS.2C7H7.Zr/c1-18(2)21-14-10-15-22(19(3)4)27(21)30-26(20-11-6-5-7-12-20)28-29-24(17-32-28)23-13-8-9-16-25(23)31;2*1-7-5-3-2-4-6-7;/h5-19,26,31H,1-4H3;2*2-6H,1H2;/q3*-1;+3. The summed E-state index contributed by atoms with van der Waals surface area (Å²) in [5.41, 5.74) is 8.37. The molecule has 237 valence electrons. The molecule has 5 aromatic carbocycles. The Balaban J connectivity index is 0.000000329. The van der Waals surface area contributed by atoms with Crippen LogP contribution in [0.5, 0.6) is 5.75 Å². The van der Waals surface area contributed by atoms with E-state index in [2.05, 4.69) is 71.9 Å². The first-order chi connectivity index (χ1) is 22.2. The summed E-state index contributed by atoms with van der Waals surface area (Å²) in [7, 11) is 0. The summed E-state index contributed by atoms with van der Waals surface area (Å²) in [4.78, 5) is 4.93. The van der Waals surface area contributed by atoms with Crippen molar-refractivity contribution >= 4 is 17.0 Å². The van der Waals surface area contributed by atoms with Crippen LogP contribution < -0.4 is 0 Å². The van der Waals surface area contributed by atoms with Crippen molar-refractivity contribution in [2.75, 3.05) is 0 Å². The second-order valence-electron chi connectivity index (χ2n) is 11.6. The predicted octanol–water partition coefficient (Wildman–Crippen LogP) is 12.3. The van der Waals surface area contributed by atoms with Gasteiger partial charge in [0, 0.05) is 10.9 Å². The molecule has 0 saturated heterocycles. The van der Waals surface area contributed by atoms with Crippen LogP contribution in [-0.2, 0) is 26.2 Å². The Labute approximate surface area is 304 Å². The smallest absolute Gasteiger partial charge is 0.672 e. The fraction of sp³-hybridized carbons (Fsp3) is 0.167. The van der Waals surface area contributed by atoms with E-state index in [9.17, 15) is 5.11 Å². The van der Waals surface area contributed by atoms with Crippen LogP contribution in [0.2, 0.25) is 0 Å². The summed E-state index contributed by atoms with van der Waals surface area (Å²) in [6, 6.07) is 43.7. The molecule has 0 spiro atoms. The van der Waals surface area contributed by atoms with Crippen molar-refractivity contribution in [3.8, 4) is 17.0 Å². The van der Waals surface area contributed by atoms with Gasteiger partial charge in [-0.2, -0.15) is 49.2 Å². The molecule has 1 atom stereocenters. The first kappa shape index (κ1) is 37.4.